The Hall–Kier alpha value is -1.60. The van der Waals surface area contributed by atoms with E-state index in [-0.39, 0.29) is 24.2 Å². The van der Waals surface area contributed by atoms with E-state index in [1.807, 2.05) is 0 Å². The second kappa shape index (κ2) is 5.21. The van der Waals surface area contributed by atoms with E-state index in [2.05, 4.69) is 0 Å². The summed E-state index contributed by atoms with van der Waals surface area (Å²) in [5.41, 5.74) is 0.540. The van der Waals surface area contributed by atoms with Gasteiger partial charge in [0.05, 0.1) is 0 Å². The summed E-state index contributed by atoms with van der Waals surface area (Å²) in [5, 5.41) is 0.491. The molecule has 1 nitrogen and oxygen atoms in total. The molecule has 0 aliphatic carbocycles. The third kappa shape index (κ3) is 5.21. The van der Waals surface area contributed by atoms with Crippen molar-refractivity contribution in [1.29, 1.82) is 0 Å². The maximum atomic E-state index is 12.8. The number of carbonyl (C=O) groups excluding carboxylic acids is 1. The first-order chi connectivity index (χ1) is 10.3. The zero-order chi connectivity index (χ0) is 17.4. The standard InChI is InChI=1S/C15H12ClF5OS/c16-13-6-4-11(5-7-13)8-14(22)9-12-2-1-3-15(10-12)23(17,18,19,20)21/h1-7,10H,8-9H2. The van der Waals surface area contributed by atoms with Crippen LogP contribution in [0.4, 0.5) is 19.4 Å². The monoisotopic (exact) mass is 370 g/mol. The molecule has 2 aromatic carbocycles. The molecule has 8 heteroatoms. The van der Waals surface area contributed by atoms with Crippen molar-refractivity contribution in [3.63, 3.8) is 0 Å². The maximum Gasteiger partial charge on any atom is 0.310 e. The average molecular weight is 371 g/mol. The summed E-state index contributed by atoms with van der Waals surface area (Å²) in [4.78, 5) is 9.91. The van der Waals surface area contributed by atoms with E-state index >= 15 is 0 Å². The zero-order valence-corrected chi connectivity index (χ0v) is 13.2. The number of rotatable bonds is 5. The lowest BCUT2D eigenvalue weighted by atomic mass is 10.0. The fraction of sp³-hybridized carbons (Fsp3) is 0.133. The van der Waals surface area contributed by atoms with Crippen LogP contribution in [-0.4, -0.2) is 5.78 Å². The first-order valence-corrected chi connectivity index (χ1v) is 8.75. The second-order valence-electron chi connectivity index (χ2n) is 5.14. The summed E-state index contributed by atoms with van der Waals surface area (Å²) in [6.07, 6.45) is -0.373. The summed E-state index contributed by atoms with van der Waals surface area (Å²) in [5.74, 6) is -0.383. The highest BCUT2D eigenvalue weighted by Crippen LogP contribution is 3.02. The molecule has 23 heavy (non-hydrogen) atoms. The average Bonchev–Trinajstić information content (AvgIpc) is 2.39. The third-order valence-electron chi connectivity index (χ3n) is 3.06. The molecule has 0 unspecified atom stereocenters. The SMILES string of the molecule is O=C(Cc1ccc(Cl)cc1)Cc1cccc(S(F)(F)(F)(F)F)c1. The summed E-state index contributed by atoms with van der Waals surface area (Å²) in [7, 11) is -9.73. The molecule has 0 aliphatic heterocycles. The van der Waals surface area contributed by atoms with Crippen LogP contribution in [0.25, 0.3) is 0 Å². The molecule has 0 radical (unpaired) electrons. The van der Waals surface area contributed by atoms with Crippen molar-refractivity contribution < 1.29 is 24.2 Å². The number of ketones is 1. The van der Waals surface area contributed by atoms with E-state index in [0.717, 1.165) is 6.07 Å². The number of halogens is 6. The smallest absolute Gasteiger partial charge is 0.299 e. The van der Waals surface area contributed by atoms with Gasteiger partial charge in [0.1, 0.15) is 10.7 Å². The minimum absolute atomic E-state index is 0.0161. The molecule has 0 heterocycles. The lowest BCUT2D eigenvalue weighted by molar-refractivity contribution is -0.117. The molecule has 0 spiro atoms. The van der Waals surface area contributed by atoms with Gasteiger partial charge in [-0.1, -0.05) is 55.3 Å². The molecule has 0 fully saturated rings. The van der Waals surface area contributed by atoms with E-state index in [9.17, 15) is 24.2 Å². The number of hydrogen-bond donors (Lipinski definition) is 0. The summed E-state index contributed by atoms with van der Waals surface area (Å²) >= 11 is 5.71. The van der Waals surface area contributed by atoms with Gasteiger partial charge in [-0.05, 0) is 35.4 Å². The number of Topliss-reactive ketones (excluding diaryl/α,β-unsaturated/α-hetero) is 1. The van der Waals surface area contributed by atoms with E-state index in [4.69, 9.17) is 11.6 Å². The maximum absolute atomic E-state index is 12.8. The van der Waals surface area contributed by atoms with Crippen molar-refractivity contribution in [2.24, 2.45) is 0 Å². The fourth-order valence-electron chi connectivity index (χ4n) is 2.02. The van der Waals surface area contributed by atoms with Gasteiger partial charge in [0.15, 0.2) is 0 Å². The Balaban J connectivity index is 2.15. The van der Waals surface area contributed by atoms with Crippen molar-refractivity contribution in [1.82, 2.24) is 0 Å². The summed E-state index contributed by atoms with van der Waals surface area (Å²) < 4.78 is 63.8. The molecule has 0 aliphatic rings. The third-order valence-corrected chi connectivity index (χ3v) is 4.46. The van der Waals surface area contributed by atoms with Gasteiger partial charge in [0.2, 0.25) is 0 Å². The molecular weight excluding hydrogens is 359 g/mol. The first kappa shape index (κ1) is 17.7. The minimum Gasteiger partial charge on any atom is -0.299 e. The first-order valence-electron chi connectivity index (χ1n) is 6.43. The van der Waals surface area contributed by atoms with Gasteiger partial charge in [-0.15, -0.1) is 0 Å². The van der Waals surface area contributed by atoms with Gasteiger partial charge in [-0.3, -0.25) is 4.79 Å². The predicted octanol–water partition coefficient (Wildman–Crippen LogP) is 6.35. The van der Waals surface area contributed by atoms with Gasteiger partial charge in [-0.2, -0.15) is 0 Å². The van der Waals surface area contributed by atoms with Crippen LogP contribution in [-0.2, 0) is 17.6 Å². The largest absolute Gasteiger partial charge is 0.310 e. The molecule has 2 rings (SSSR count). The topological polar surface area (TPSA) is 17.1 Å². The Morgan fingerprint density at radius 2 is 1.43 bits per heavy atom. The Kier molecular flexibility index (Phi) is 4.02. The van der Waals surface area contributed by atoms with Crippen LogP contribution in [0.15, 0.2) is 53.4 Å². The van der Waals surface area contributed by atoms with Crippen molar-refractivity contribution >= 4 is 27.6 Å². The van der Waals surface area contributed by atoms with Crippen LogP contribution in [0.2, 0.25) is 5.02 Å². The minimum atomic E-state index is -9.73. The molecule has 0 aromatic heterocycles. The van der Waals surface area contributed by atoms with E-state index in [1.165, 1.54) is 6.07 Å². The van der Waals surface area contributed by atoms with Crippen LogP contribution in [0.5, 0.6) is 0 Å². The predicted molar refractivity (Wildman–Crippen MR) is 81.7 cm³/mol. The van der Waals surface area contributed by atoms with E-state index in [0.29, 0.717) is 22.7 Å². The summed E-state index contributed by atoms with van der Waals surface area (Å²) in [6.45, 7) is 0. The number of carbonyl (C=O) groups is 1. The lowest BCUT2D eigenvalue weighted by Gasteiger charge is -2.40. The Morgan fingerprint density at radius 3 is 2.00 bits per heavy atom. The van der Waals surface area contributed by atoms with Crippen molar-refractivity contribution in [3.8, 4) is 0 Å². The fourth-order valence-corrected chi connectivity index (χ4v) is 2.85. The van der Waals surface area contributed by atoms with Crippen LogP contribution in [0.3, 0.4) is 0 Å². The Labute approximate surface area is 134 Å². The molecule has 0 N–H and O–H groups in total. The Bertz CT molecular complexity index is 741. The van der Waals surface area contributed by atoms with E-state index < -0.39 is 15.1 Å². The van der Waals surface area contributed by atoms with Crippen LogP contribution < -0.4 is 0 Å². The highest BCUT2D eigenvalue weighted by atomic mass is 35.5. The normalized spacial score (nSPS) is 14.9. The molecule has 0 saturated heterocycles. The molecule has 0 amide bonds. The highest BCUT2D eigenvalue weighted by Gasteiger charge is 2.65. The number of hydrogen-bond acceptors (Lipinski definition) is 1. The van der Waals surface area contributed by atoms with Crippen molar-refractivity contribution in [3.05, 3.63) is 64.7 Å². The molecule has 126 valence electrons. The molecule has 0 saturated carbocycles. The lowest BCUT2D eigenvalue weighted by Crippen LogP contribution is -2.09. The van der Waals surface area contributed by atoms with Gasteiger partial charge < -0.3 is 0 Å². The van der Waals surface area contributed by atoms with Gasteiger partial charge >= 0.3 is 10.2 Å². The second-order valence-corrected chi connectivity index (χ2v) is 7.98. The van der Waals surface area contributed by atoms with Crippen LogP contribution in [0, 0.1) is 0 Å². The van der Waals surface area contributed by atoms with Crippen LogP contribution >= 0.6 is 21.8 Å². The van der Waals surface area contributed by atoms with Gasteiger partial charge in [-0.25, -0.2) is 0 Å². The zero-order valence-electron chi connectivity index (χ0n) is 11.6. The molecule has 0 bridgehead atoms. The molecule has 2 aromatic rings. The van der Waals surface area contributed by atoms with Gasteiger partial charge in [0.25, 0.3) is 0 Å². The van der Waals surface area contributed by atoms with Crippen LogP contribution in [0.1, 0.15) is 11.1 Å². The van der Waals surface area contributed by atoms with Crippen molar-refractivity contribution in [2.45, 2.75) is 17.7 Å². The summed E-state index contributed by atoms with van der Waals surface area (Å²) in [6, 6.07) is 9.13. The highest BCUT2D eigenvalue weighted by molar-refractivity contribution is 8.45. The van der Waals surface area contributed by atoms with Crippen molar-refractivity contribution in [2.75, 3.05) is 0 Å². The van der Waals surface area contributed by atoms with E-state index in [1.54, 1.807) is 24.3 Å². The Morgan fingerprint density at radius 1 is 0.870 bits per heavy atom. The number of benzene rings is 2. The molecule has 0 atom stereocenters. The molecular formula is C15H12ClF5OS. The van der Waals surface area contributed by atoms with Gasteiger partial charge in [0, 0.05) is 17.9 Å². The quantitative estimate of drug-likeness (QED) is 0.560.